The Morgan fingerprint density at radius 1 is 1.00 bits per heavy atom. The average Bonchev–Trinajstić information content (AvgIpc) is 3.25. The summed E-state index contributed by atoms with van der Waals surface area (Å²) in [6.07, 6.45) is 0. The molecule has 3 rings (SSSR count). The summed E-state index contributed by atoms with van der Waals surface area (Å²) in [4.78, 5) is 39.9. The Balaban J connectivity index is 1.40. The lowest BCUT2D eigenvalue weighted by Gasteiger charge is -2.07. The molecule has 0 spiro atoms. The molecule has 8 nitrogen and oxygen atoms in total. The average molecular weight is 489 g/mol. The van der Waals surface area contributed by atoms with Crippen LogP contribution in [0, 0.1) is 0 Å². The monoisotopic (exact) mass is 488 g/mol. The van der Waals surface area contributed by atoms with Gasteiger partial charge in [0.1, 0.15) is 0 Å². The summed E-state index contributed by atoms with van der Waals surface area (Å²) < 4.78 is 5.76. The van der Waals surface area contributed by atoms with Crippen LogP contribution in [0.15, 0.2) is 64.5 Å². The van der Waals surface area contributed by atoms with Crippen LogP contribution in [0.5, 0.6) is 0 Å². The number of rotatable bonds is 7. The van der Waals surface area contributed by atoms with E-state index in [4.69, 9.17) is 4.74 Å². The number of ether oxygens (including phenoxy) is 1. The van der Waals surface area contributed by atoms with E-state index in [1.807, 2.05) is 30.3 Å². The Morgan fingerprint density at radius 3 is 2.47 bits per heavy atom. The third-order valence-corrected chi connectivity index (χ3v) is 5.08. The van der Waals surface area contributed by atoms with Crippen molar-refractivity contribution in [1.82, 2.24) is 15.8 Å². The van der Waals surface area contributed by atoms with Gasteiger partial charge in [-0.3, -0.25) is 20.4 Å². The molecule has 0 radical (unpaired) electrons. The number of thiazole rings is 1. The van der Waals surface area contributed by atoms with Crippen molar-refractivity contribution in [1.29, 1.82) is 0 Å². The van der Waals surface area contributed by atoms with Crippen LogP contribution < -0.4 is 16.2 Å². The Hall–Kier alpha value is -3.24. The summed E-state index contributed by atoms with van der Waals surface area (Å²) in [7, 11) is 0. The van der Waals surface area contributed by atoms with Crippen LogP contribution in [-0.2, 0) is 16.1 Å². The minimum absolute atomic E-state index is 0.0993. The van der Waals surface area contributed by atoms with Gasteiger partial charge in [0, 0.05) is 22.0 Å². The number of amides is 2. The van der Waals surface area contributed by atoms with E-state index in [2.05, 4.69) is 37.1 Å². The summed E-state index contributed by atoms with van der Waals surface area (Å²) in [5, 5.41) is 5.23. The third kappa shape index (κ3) is 6.39. The van der Waals surface area contributed by atoms with Gasteiger partial charge in [0.05, 0.1) is 0 Å². The first kappa shape index (κ1) is 21.5. The molecule has 0 atom stereocenters. The number of hydrogen-bond acceptors (Lipinski definition) is 7. The third-order valence-electron chi connectivity index (χ3n) is 3.76. The highest BCUT2D eigenvalue weighted by atomic mass is 79.9. The number of carbonyl (C=O) groups is 3. The highest BCUT2D eigenvalue weighted by Crippen LogP contribution is 2.17. The molecule has 0 aliphatic carbocycles. The fourth-order valence-electron chi connectivity index (χ4n) is 2.26. The van der Waals surface area contributed by atoms with Crippen molar-refractivity contribution < 1.29 is 19.1 Å². The largest absolute Gasteiger partial charge is 0.451 e. The number of halogens is 1. The summed E-state index contributed by atoms with van der Waals surface area (Å²) in [6.45, 7) is 0.0209. The second-order valence-electron chi connectivity index (χ2n) is 5.96. The van der Waals surface area contributed by atoms with Crippen LogP contribution in [0.2, 0.25) is 0 Å². The van der Waals surface area contributed by atoms with Crippen LogP contribution in [0.25, 0.3) is 0 Å². The van der Waals surface area contributed by atoms with Gasteiger partial charge in [0.15, 0.2) is 17.4 Å². The van der Waals surface area contributed by atoms with Gasteiger partial charge >= 0.3 is 5.97 Å². The highest BCUT2D eigenvalue weighted by molar-refractivity contribution is 9.10. The summed E-state index contributed by atoms with van der Waals surface area (Å²) in [6, 6.07) is 16.4. The van der Waals surface area contributed by atoms with Crippen molar-refractivity contribution in [3.63, 3.8) is 0 Å². The van der Waals surface area contributed by atoms with Crippen LogP contribution in [0.3, 0.4) is 0 Å². The zero-order chi connectivity index (χ0) is 21.3. The molecule has 10 heteroatoms. The van der Waals surface area contributed by atoms with Gasteiger partial charge in [-0.1, -0.05) is 46.3 Å². The summed E-state index contributed by atoms with van der Waals surface area (Å²) >= 11 is 4.53. The molecule has 3 aromatic rings. The first-order chi connectivity index (χ1) is 14.5. The van der Waals surface area contributed by atoms with Crippen LogP contribution in [0.1, 0.15) is 26.4 Å². The van der Waals surface area contributed by atoms with Crippen molar-refractivity contribution in [3.05, 3.63) is 81.3 Å². The first-order valence-electron chi connectivity index (χ1n) is 8.76. The molecular weight excluding hydrogens is 472 g/mol. The zero-order valence-electron chi connectivity index (χ0n) is 15.6. The van der Waals surface area contributed by atoms with Crippen LogP contribution in [0.4, 0.5) is 5.13 Å². The molecule has 0 aliphatic rings. The molecule has 3 N–H and O–H groups in total. The summed E-state index contributed by atoms with van der Waals surface area (Å²) in [5.41, 5.74) is 5.99. The number of nitrogens with one attached hydrogen (secondary N) is 3. The number of hydrazine groups is 1. The fourth-order valence-corrected chi connectivity index (χ4v) is 3.21. The Morgan fingerprint density at radius 2 is 1.73 bits per heavy atom. The smallest absolute Gasteiger partial charge is 0.358 e. The van der Waals surface area contributed by atoms with E-state index in [1.54, 1.807) is 29.6 Å². The van der Waals surface area contributed by atoms with Crippen LogP contribution in [-0.4, -0.2) is 29.4 Å². The van der Waals surface area contributed by atoms with Gasteiger partial charge in [0.25, 0.3) is 11.8 Å². The molecule has 0 aliphatic heterocycles. The van der Waals surface area contributed by atoms with Crippen molar-refractivity contribution in [2.75, 3.05) is 11.9 Å². The van der Waals surface area contributed by atoms with Crippen molar-refractivity contribution in [2.45, 2.75) is 6.54 Å². The quantitative estimate of drug-likeness (QED) is 0.348. The normalized spacial score (nSPS) is 10.2. The number of esters is 1. The number of hydrogen-bond donors (Lipinski definition) is 3. The van der Waals surface area contributed by atoms with Crippen molar-refractivity contribution in [2.24, 2.45) is 0 Å². The molecule has 2 amide bonds. The van der Waals surface area contributed by atoms with E-state index in [1.165, 1.54) is 11.3 Å². The van der Waals surface area contributed by atoms with E-state index in [0.717, 1.165) is 10.0 Å². The summed E-state index contributed by atoms with van der Waals surface area (Å²) in [5.74, 6) is -1.89. The minimum Gasteiger partial charge on any atom is -0.451 e. The van der Waals surface area contributed by atoms with Crippen molar-refractivity contribution in [3.8, 4) is 0 Å². The maximum atomic E-state index is 12.1. The molecule has 0 saturated heterocycles. The highest BCUT2D eigenvalue weighted by Gasteiger charge is 2.15. The molecule has 0 bridgehead atoms. The number of nitrogens with zero attached hydrogens (tertiary/aromatic N) is 1. The standard InChI is InChI=1S/C20H17BrN4O4S/c21-15-8-6-14(7-9-15)18(27)25-24-17(26)11-29-19(28)16-12-30-20(23-16)22-10-13-4-2-1-3-5-13/h1-9,12H,10-11H2,(H,22,23)(H,24,26)(H,25,27). The lowest BCUT2D eigenvalue weighted by atomic mass is 10.2. The van der Waals surface area contributed by atoms with Gasteiger partial charge in [-0.15, -0.1) is 11.3 Å². The van der Waals surface area contributed by atoms with Crippen LogP contribution >= 0.6 is 27.3 Å². The van der Waals surface area contributed by atoms with Gasteiger partial charge in [0.2, 0.25) is 0 Å². The Bertz CT molecular complexity index is 1020. The molecule has 0 fully saturated rings. The van der Waals surface area contributed by atoms with E-state index < -0.39 is 24.4 Å². The van der Waals surface area contributed by atoms with E-state index in [-0.39, 0.29) is 5.69 Å². The van der Waals surface area contributed by atoms with E-state index >= 15 is 0 Å². The van der Waals surface area contributed by atoms with E-state index in [9.17, 15) is 14.4 Å². The topological polar surface area (TPSA) is 109 Å². The zero-order valence-corrected chi connectivity index (χ0v) is 18.0. The lowest BCUT2D eigenvalue weighted by molar-refractivity contribution is -0.125. The Kier molecular flexibility index (Phi) is 7.52. The molecule has 0 unspecified atom stereocenters. The van der Waals surface area contributed by atoms with Gasteiger partial charge in [-0.2, -0.15) is 0 Å². The number of aromatic nitrogens is 1. The number of benzene rings is 2. The first-order valence-corrected chi connectivity index (χ1v) is 10.4. The fraction of sp³-hybridized carbons (Fsp3) is 0.100. The molecule has 1 aromatic heterocycles. The second kappa shape index (κ2) is 10.5. The second-order valence-corrected chi connectivity index (χ2v) is 7.74. The maximum Gasteiger partial charge on any atom is 0.358 e. The molecule has 1 heterocycles. The van der Waals surface area contributed by atoms with Gasteiger partial charge in [-0.05, 0) is 29.8 Å². The number of anilines is 1. The lowest BCUT2D eigenvalue weighted by Crippen LogP contribution is -2.43. The minimum atomic E-state index is -0.728. The van der Waals surface area contributed by atoms with E-state index in [0.29, 0.717) is 17.2 Å². The SMILES string of the molecule is O=C(COC(=O)c1csc(NCc2ccccc2)n1)NNC(=O)c1ccc(Br)cc1. The molecular formula is C20H17BrN4O4S. The Labute approximate surface area is 184 Å². The maximum absolute atomic E-state index is 12.1. The van der Waals surface area contributed by atoms with Gasteiger partial charge < -0.3 is 10.1 Å². The predicted molar refractivity (Wildman–Crippen MR) is 116 cm³/mol. The van der Waals surface area contributed by atoms with Crippen molar-refractivity contribution >= 4 is 50.2 Å². The molecule has 154 valence electrons. The predicted octanol–water partition coefficient (Wildman–Crippen LogP) is 3.14. The molecule has 30 heavy (non-hydrogen) atoms. The molecule has 0 saturated carbocycles. The molecule has 2 aromatic carbocycles. The van der Waals surface area contributed by atoms with Gasteiger partial charge in [-0.25, -0.2) is 9.78 Å². The number of carbonyl (C=O) groups excluding carboxylic acids is 3.